The maximum absolute atomic E-state index is 12.5. The van der Waals surface area contributed by atoms with Crippen LogP contribution in [0.5, 0.6) is 0 Å². The first kappa shape index (κ1) is 14.8. The quantitative estimate of drug-likeness (QED) is 0.943. The molecule has 1 aromatic heterocycles. The Morgan fingerprint density at radius 1 is 1.26 bits per heavy atom. The first-order chi connectivity index (χ1) is 11.2. The Morgan fingerprint density at radius 3 is 2.74 bits per heavy atom. The summed E-state index contributed by atoms with van der Waals surface area (Å²) in [5.41, 5.74) is 0.901. The van der Waals surface area contributed by atoms with Crippen molar-refractivity contribution >= 4 is 16.9 Å². The molecular weight excluding hydrogens is 288 g/mol. The normalized spacial score (nSPS) is 26.6. The van der Waals surface area contributed by atoms with Gasteiger partial charge in [-0.1, -0.05) is 18.2 Å². The first-order valence-corrected chi connectivity index (χ1v) is 8.68. The summed E-state index contributed by atoms with van der Waals surface area (Å²) in [4.78, 5) is 14.5. The third-order valence-corrected chi connectivity index (χ3v) is 5.45. The lowest BCUT2D eigenvalue weighted by Gasteiger charge is -2.35. The van der Waals surface area contributed by atoms with Crippen LogP contribution >= 0.6 is 0 Å². The minimum Gasteiger partial charge on any atom is -0.461 e. The van der Waals surface area contributed by atoms with Crippen LogP contribution in [0.3, 0.4) is 0 Å². The number of amides is 1. The molecule has 1 N–H and O–H groups in total. The van der Waals surface area contributed by atoms with E-state index in [2.05, 4.69) is 5.32 Å². The summed E-state index contributed by atoms with van der Waals surface area (Å²) in [5, 5.41) is 4.74. The number of para-hydroxylation sites is 1. The average Bonchev–Trinajstić information content (AvgIpc) is 3.14. The molecule has 122 valence electrons. The summed E-state index contributed by atoms with van der Waals surface area (Å²) in [6, 6.07) is 11.7. The average molecular weight is 312 g/mol. The van der Waals surface area contributed by atoms with Gasteiger partial charge in [0.05, 0.1) is 0 Å². The van der Waals surface area contributed by atoms with Crippen LogP contribution in [-0.4, -0.2) is 36.0 Å². The van der Waals surface area contributed by atoms with Gasteiger partial charge in [0.15, 0.2) is 0 Å². The first-order valence-electron chi connectivity index (χ1n) is 8.68. The van der Waals surface area contributed by atoms with E-state index in [1.807, 2.05) is 42.3 Å². The molecular formula is C19H24N2O2. The van der Waals surface area contributed by atoms with Crippen LogP contribution in [0.2, 0.25) is 0 Å². The molecule has 0 spiro atoms. The van der Waals surface area contributed by atoms with E-state index >= 15 is 0 Å². The highest BCUT2D eigenvalue weighted by atomic mass is 16.3. The number of carbonyl (C=O) groups is 1. The second kappa shape index (κ2) is 6.00. The highest BCUT2D eigenvalue weighted by Crippen LogP contribution is 2.29. The lowest BCUT2D eigenvalue weighted by molar-refractivity contribution is -0.132. The molecule has 0 radical (unpaired) electrons. The van der Waals surface area contributed by atoms with Crippen LogP contribution in [0, 0.1) is 0 Å². The fourth-order valence-corrected chi connectivity index (χ4v) is 4.11. The number of fused-ring (bicyclic) bond motifs is 3. The van der Waals surface area contributed by atoms with Gasteiger partial charge in [-0.25, -0.2) is 0 Å². The molecule has 2 unspecified atom stereocenters. The number of carbonyl (C=O) groups excluding carboxylic acids is 1. The lowest BCUT2D eigenvalue weighted by atomic mass is 9.98. The molecule has 0 aliphatic carbocycles. The number of nitrogens with one attached hydrogen (secondary N) is 1. The summed E-state index contributed by atoms with van der Waals surface area (Å²) in [6.07, 6.45) is 5.93. The fraction of sp³-hybridized carbons (Fsp3) is 0.526. The van der Waals surface area contributed by atoms with Crippen LogP contribution in [0.25, 0.3) is 11.0 Å². The van der Waals surface area contributed by atoms with Gasteiger partial charge in [0.25, 0.3) is 0 Å². The molecule has 2 aromatic rings. The van der Waals surface area contributed by atoms with Gasteiger partial charge in [-0.05, 0) is 37.8 Å². The number of aryl methyl sites for hydroxylation is 1. The van der Waals surface area contributed by atoms with Gasteiger partial charge in [0.1, 0.15) is 11.3 Å². The van der Waals surface area contributed by atoms with Crippen molar-refractivity contribution in [1.82, 2.24) is 10.2 Å². The maximum Gasteiger partial charge on any atom is 0.223 e. The SMILES string of the molecule is CN(C(=O)CCc1cc2ccccc2o1)C1CC2CCC(C1)N2. The van der Waals surface area contributed by atoms with E-state index in [-0.39, 0.29) is 5.91 Å². The topological polar surface area (TPSA) is 45.5 Å². The Kier molecular flexibility index (Phi) is 3.85. The van der Waals surface area contributed by atoms with Crippen molar-refractivity contribution in [3.05, 3.63) is 36.1 Å². The zero-order valence-electron chi connectivity index (χ0n) is 13.6. The van der Waals surface area contributed by atoms with Crippen LogP contribution in [0.15, 0.2) is 34.7 Å². The summed E-state index contributed by atoms with van der Waals surface area (Å²) >= 11 is 0. The number of piperidine rings is 1. The van der Waals surface area contributed by atoms with Crippen LogP contribution in [0.4, 0.5) is 0 Å². The number of hydrogen-bond acceptors (Lipinski definition) is 3. The molecule has 3 heterocycles. The third-order valence-electron chi connectivity index (χ3n) is 5.45. The predicted molar refractivity (Wildman–Crippen MR) is 90.3 cm³/mol. The molecule has 2 aliphatic heterocycles. The Morgan fingerprint density at radius 2 is 2.00 bits per heavy atom. The van der Waals surface area contributed by atoms with Gasteiger partial charge in [-0.2, -0.15) is 0 Å². The van der Waals surface area contributed by atoms with E-state index in [9.17, 15) is 4.79 Å². The van der Waals surface area contributed by atoms with E-state index < -0.39 is 0 Å². The van der Waals surface area contributed by atoms with Gasteiger partial charge >= 0.3 is 0 Å². The lowest BCUT2D eigenvalue weighted by Crippen LogP contribution is -2.48. The number of nitrogens with zero attached hydrogens (tertiary/aromatic N) is 1. The van der Waals surface area contributed by atoms with E-state index in [0.717, 1.165) is 29.6 Å². The van der Waals surface area contributed by atoms with E-state index in [1.54, 1.807) is 0 Å². The molecule has 4 rings (SSSR count). The van der Waals surface area contributed by atoms with Crippen molar-refractivity contribution < 1.29 is 9.21 Å². The van der Waals surface area contributed by atoms with Crippen LogP contribution in [-0.2, 0) is 11.2 Å². The molecule has 0 saturated carbocycles. The molecule has 2 fully saturated rings. The largest absolute Gasteiger partial charge is 0.461 e. The predicted octanol–water partition coefficient (Wildman–Crippen LogP) is 3.11. The molecule has 1 aromatic carbocycles. The van der Waals surface area contributed by atoms with Gasteiger partial charge in [0, 0.05) is 43.4 Å². The van der Waals surface area contributed by atoms with Gasteiger partial charge < -0.3 is 14.6 Å². The van der Waals surface area contributed by atoms with Gasteiger partial charge in [-0.3, -0.25) is 4.79 Å². The summed E-state index contributed by atoms with van der Waals surface area (Å²) in [6.45, 7) is 0. The molecule has 4 nitrogen and oxygen atoms in total. The number of furan rings is 1. The van der Waals surface area contributed by atoms with Gasteiger partial charge in [-0.15, -0.1) is 0 Å². The monoisotopic (exact) mass is 312 g/mol. The molecule has 4 heteroatoms. The van der Waals surface area contributed by atoms with Gasteiger partial charge in [0.2, 0.25) is 5.91 Å². The van der Waals surface area contributed by atoms with Crippen molar-refractivity contribution in [1.29, 1.82) is 0 Å². The zero-order chi connectivity index (χ0) is 15.8. The van der Waals surface area contributed by atoms with Crippen molar-refractivity contribution in [2.75, 3.05) is 7.05 Å². The number of hydrogen-bond donors (Lipinski definition) is 1. The highest BCUT2D eigenvalue weighted by molar-refractivity contribution is 5.79. The highest BCUT2D eigenvalue weighted by Gasteiger charge is 2.36. The maximum atomic E-state index is 12.5. The van der Waals surface area contributed by atoms with Crippen molar-refractivity contribution in [3.8, 4) is 0 Å². The van der Waals surface area contributed by atoms with Crippen LogP contribution in [0.1, 0.15) is 37.9 Å². The van der Waals surface area contributed by atoms with Crippen molar-refractivity contribution in [2.24, 2.45) is 0 Å². The minimum atomic E-state index is 0.233. The molecule has 2 aliphatic rings. The number of rotatable bonds is 4. The molecule has 1 amide bonds. The Balaban J connectivity index is 1.35. The number of benzene rings is 1. The van der Waals surface area contributed by atoms with Crippen molar-refractivity contribution in [3.63, 3.8) is 0 Å². The summed E-state index contributed by atoms with van der Waals surface area (Å²) < 4.78 is 5.81. The van der Waals surface area contributed by atoms with Crippen LogP contribution < -0.4 is 5.32 Å². The summed E-state index contributed by atoms with van der Waals surface area (Å²) in [5.74, 6) is 1.13. The second-order valence-corrected chi connectivity index (χ2v) is 7.02. The third kappa shape index (κ3) is 3.00. The van der Waals surface area contributed by atoms with E-state index in [1.165, 1.54) is 12.8 Å². The minimum absolute atomic E-state index is 0.233. The van der Waals surface area contributed by atoms with Crippen molar-refractivity contribution in [2.45, 2.75) is 56.7 Å². The summed E-state index contributed by atoms with van der Waals surface area (Å²) in [7, 11) is 1.97. The Bertz CT molecular complexity index is 663. The molecule has 2 saturated heterocycles. The van der Waals surface area contributed by atoms with E-state index in [0.29, 0.717) is 31.0 Å². The molecule has 2 bridgehead atoms. The van der Waals surface area contributed by atoms with E-state index in [4.69, 9.17) is 4.42 Å². The zero-order valence-corrected chi connectivity index (χ0v) is 13.6. The Labute approximate surface area is 136 Å². The second-order valence-electron chi connectivity index (χ2n) is 7.02. The fourth-order valence-electron chi connectivity index (χ4n) is 4.11. The smallest absolute Gasteiger partial charge is 0.223 e. The standard InChI is InChI=1S/C19H24N2O2/c1-21(16-11-14-6-7-15(12-16)20-14)19(22)9-8-17-10-13-4-2-3-5-18(13)23-17/h2-5,10,14-16,20H,6-9,11-12H2,1H3. The molecule has 2 atom stereocenters. The Hall–Kier alpha value is -1.81. The molecule has 23 heavy (non-hydrogen) atoms.